The lowest BCUT2D eigenvalue weighted by Gasteiger charge is -2.29. The van der Waals surface area contributed by atoms with Crippen LogP contribution >= 0.6 is 0 Å². The van der Waals surface area contributed by atoms with Crippen LogP contribution in [-0.4, -0.2) is 40.8 Å². The molecule has 0 aromatic heterocycles. The zero-order valence-electron chi connectivity index (χ0n) is 15.3. The molecule has 1 saturated carbocycles. The predicted octanol–water partition coefficient (Wildman–Crippen LogP) is 1.49. The van der Waals surface area contributed by atoms with Gasteiger partial charge in [-0.05, 0) is 49.4 Å². The molecule has 2 heterocycles. The summed E-state index contributed by atoms with van der Waals surface area (Å²) in [5.74, 6) is -0.129. The molecule has 144 valence electrons. The van der Waals surface area contributed by atoms with Gasteiger partial charge in [-0.25, -0.2) is 0 Å². The van der Waals surface area contributed by atoms with Gasteiger partial charge in [0, 0.05) is 24.6 Å². The first-order valence-electron chi connectivity index (χ1n) is 9.73. The minimum Gasteiger partial charge on any atom is -0.489 e. The van der Waals surface area contributed by atoms with Gasteiger partial charge in [0.25, 0.3) is 5.91 Å². The minimum atomic E-state index is -0.595. The van der Waals surface area contributed by atoms with Crippen molar-refractivity contribution >= 4 is 17.7 Å². The molecule has 2 aliphatic heterocycles. The number of hydrogen-bond donors (Lipinski definition) is 2. The molecule has 0 spiro atoms. The van der Waals surface area contributed by atoms with E-state index in [0.717, 1.165) is 31.2 Å². The van der Waals surface area contributed by atoms with Crippen LogP contribution in [0.3, 0.4) is 0 Å². The highest BCUT2D eigenvalue weighted by molar-refractivity contribution is 6.05. The fraction of sp³-hybridized carbons (Fsp3) is 0.550. The number of amides is 3. The SMILES string of the molecule is N[C@H]1CCCCC[C@@H]1Oc1ccc2c(c1)CN(C1CCC(=O)NC1=O)C2=O. The van der Waals surface area contributed by atoms with Crippen molar-refractivity contribution < 1.29 is 19.1 Å². The average molecular weight is 371 g/mol. The quantitative estimate of drug-likeness (QED) is 0.619. The van der Waals surface area contributed by atoms with Crippen LogP contribution in [0.2, 0.25) is 0 Å². The minimum absolute atomic E-state index is 0.00566. The molecular formula is C20H25N3O4. The maximum absolute atomic E-state index is 12.7. The van der Waals surface area contributed by atoms with Gasteiger partial charge in [-0.2, -0.15) is 0 Å². The number of carbonyl (C=O) groups excluding carboxylic acids is 3. The second-order valence-electron chi connectivity index (χ2n) is 7.68. The Labute approximate surface area is 158 Å². The molecule has 0 bridgehead atoms. The van der Waals surface area contributed by atoms with Gasteiger partial charge in [0.1, 0.15) is 17.9 Å². The Bertz CT molecular complexity index is 778. The van der Waals surface area contributed by atoms with E-state index < -0.39 is 11.9 Å². The van der Waals surface area contributed by atoms with Crippen molar-refractivity contribution in [2.24, 2.45) is 5.73 Å². The largest absolute Gasteiger partial charge is 0.489 e. The van der Waals surface area contributed by atoms with E-state index in [9.17, 15) is 14.4 Å². The summed E-state index contributed by atoms with van der Waals surface area (Å²) < 4.78 is 6.15. The molecule has 1 aromatic carbocycles. The lowest BCUT2D eigenvalue weighted by Crippen LogP contribution is -2.52. The highest BCUT2D eigenvalue weighted by Gasteiger charge is 2.39. The van der Waals surface area contributed by atoms with Crippen molar-refractivity contribution in [3.8, 4) is 5.75 Å². The van der Waals surface area contributed by atoms with E-state index >= 15 is 0 Å². The zero-order valence-corrected chi connectivity index (χ0v) is 15.3. The Balaban J connectivity index is 1.49. The number of ether oxygens (including phenoxy) is 1. The summed E-state index contributed by atoms with van der Waals surface area (Å²) in [7, 11) is 0. The van der Waals surface area contributed by atoms with Gasteiger partial charge in [-0.3, -0.25) is 19.7 Å². The number of nitrogens with two attached hydrogens (primary N) is 1. The Kier molecular flexibility index (Phi) is 4.86. The molecule has 2 fully saturated rings. The van der Waals surface area contributed by atoms with Crippen LogP contribution in [0.5, 0.6) is 5.75 Å². The molecule has 0 radical (unpaired) electrons. The zero-order chi connectivity index (χ0) is 19.0. The number of carbonyl (C=O) groups is 3. The molecule has 27 heavy (non-hydrogen) atoms. The van der Waals surface area contributed by atoms with Crippen LogP contribution in [0.25, 0.3) is 0 Å². The summed E-state index contributed by atoms with van der Waals surface area (Å²) in [6, 6.07) is 4.89. The van der Waals surface area contributed by atoms with Crippen LogP contribution in [0.1, 0.15) is 60.9 Å². The summed E-state index contributed by atoms with van der Waals surface area (Å²) in [5.41, 5.74) is 7.69. The number of nitrogens with one attached hydrogen (secondary N) is 1. The first-order chi connectivity index (χ1) is 13.0. The van der Waals surface area contributed by atoms with Gasteiger partial charge < -0.3 is 15.4 Å². The maximum atomic E-state index is 12.7. The van der Waals surface area contributed by atoms with E-state index in [1.807, 2.05) is 12.1 Å². The van der Waals surface area contributed by atoms with Gasteiger partial charge in [0.15, 0.2) is 0 Å². The average Bonchev–Trinajstić information content (AvgIpc) is 2.81. The van der Waals surface area contributed by atoms with Crippen LogP contribution in [0.4, 0.5) is 0 Å². The lowest BCUT2D eigenvalue weighted by molar-refractivity contribution is -0.136. The van der Waals surface area contributed by atoms with Crippen molar-refractivity contribution in [2.45, 2.75) is 69.7 Å². The van der Waals surface area contributed by atoms with Crippen LogP contribution in [-0.2, 0) is 16.1 Å². The molecule has 3 aliphatic rings. The Morgan fingerprint density at radius 1 is 1.07 bits per heavy atom. The number of piperidine rings is 1. The number of nitrogens with zero attached hydrogens (tertiary/aromatic N) is 1. The van der Waals surface area contributed by atoms with Crippen molar-refractivity contribution in [2.75, 3.05) is 0 Å². The summed E-state index contributed by atoms with van der Waals surface area (Å²) in [6.07, 6.45) is 5.97. The third kappa shape index (κ3) is 3.56. The molecule has 1 aliphatic carbocycles. The molecule has 1 aromatic rings. The molecule has 1 saturated heterocycles. The van der Waals surface area contributed by atoms with E-state index in [4.69, 9.17) is 10.5 Å². The van der Waals surface area contributed by atoms with Gasteiger partial charge in [0.05, 0.1) is 0 Å². The first-order valence-corrected chi connectivity index (χ1v) is 9.73. The molecule has 3 atom stereocenters. The Morgan fingerprint density at radius 3 is 2.70 bits per heavy atom. The van der Waals surface area contributed by atoms with E-state index in [1.165, 1.54) is 6.42 Å². The molecule has 7 heteroatoms. The Morgan fingerprint density at radius 2 is 1.89 bits per heavy atom. The monoisotopic (exact) mass is 371 g/mol. The number of rotatable bonds is 3. The van der Waals surface area contributed by atoms with Gasteiger partial charge in [-0.15, -0.1) is 0 Å². The van der Waals surface area contributed by atoms with E-state index in [-0.39, 0.29) is 30.4 Å². The molecule has 3 amide bonds. The van der Waals surface area contributed by atoms with Crippen molar-refractivity contribution in [1.82, 2.24) is 10.2 Å². The van der Waals surface area contributed by atoms with E-state index in [0.29, 0.717) is 24.3 Å². The van der Waals surface area contributed by atoms with E-state index in [1.54, 1.807) is 11.0 Å². The molecule has 7 nitrogen and oxygen atoms in total. The van der Waals surface area contributed by atoms with Gasteiger partial charge in [0.2, 0.25) is 11.8 Å². The van der Waals surface area contributed by atoms with Crippen LogP contribution in [0.15, 0.2) is 18.2 Å². The summed E-state index contributed by atoms with van der Waals surface area (Å²) in [5, 5.41) is 2.32. The fourth-order valence-corrected chi connectivity index (χ4v) is 4.25. The maximum Gasteiger partial charge on any atom is 0.255 e. The van der Waals surface area contributed by atoms with Crippen molar-refractivity contribution in [3.63, 3.8) is 0 Å². The molecule has 1 unspecified atom stereocenters. The molecule has 4 rings (SSSR count). The van der Waals surface area contributed by atoms with Crippen molar-refractivity contribution in [1.29, 1.82) is 0 Å². The fourth-order valence-electron chi connectivity index (χ4n) is 4.25. The summed E-state index contributed by atoms with van der Waals surface area (Å²) in [6.45, 7) is 0.356. The normalized spacial score (nSPS) is 28.6. The third-order valence-electron chi connectivity index (χ3n) is 5.79. The standard InChI is InChI=1S/C20H25N3O4/c21-15-4-2-1-3-5-17(15)27-13-6-7-14-12(10-13)11-23(20(14)26)16-8-9-18(24)22-19(16)25/h6-7,10,15-17H,1-5,8-9,11,21H2,(H,22,24,25)/t15-,16?,17-/m0/s1. The highest BCUT2D eigenvalue weighted by atomic mass is 16.5. The second-order valence-corrected chi connectivity index (χ2v) is 7.68. The summed E-state index contributed by atoms with van der Waals surface area (Å²) >= 11 is 0. The van der Waals surface area contributed by atoms with E-state index in [2.05, 4.69) is 5.32 Å². The van der Waals surface area contributed by atoms with Crippen molar-refractivity contribution in [3.05, 3.63) is 29.3 Å². The topological polar surface area (TPSA) is 102 Å². The Hall–Kier alpha value is -2.41. The number of benzene rings is 1. The number of imide groups is 1. The van der Waals surface area contributed by atoms with Crippen LogP contribution < -0.4 is 15.8 Å². The van der Waals surface area contributed by atoms with Crippen LogP contribution in [0, 0.1) is 0 Å². The van der Waals surface area contributed by atoms with Gasteiger partial charge >= 0.3 is 0 Å². The van der Waals surface area contributed by atoms with Gasteiger partial charge in [-0.1, -0.05) is 12.8 Å². The predicted molar refractivity (Wildman–Crippen MR) is 98.0 cm³/mol. The first kappa shape index (κ1) is 18.0. The smallest absolute Gasteiger partial charge is 0.255 e. The number of hydrogen-bond acceptors (Lipinski definition) is 5. The lowest BCUT2D eigenvalue weighted by atomic mass is 10.0. The second kappa shape index (κ2) is 7.31. The highest BCUT2D eigenvalue weighted by Crippen LogP contribution is 2.31. The molecular weight excluding hydrogens is 346 g/mol. The molecule has 3 N–H and O–H groups in total. The summed E-state index contributed by atoms with van der Waals surface area (Å²) in [4.78, 5) is 37.7. The number of fused-ring (bicyclic) bond motifs is 1. The third-order valence-corrected chi connectivity index (χ3v) is 5.79.